The van der Waals surface area contributed by atoms with E-state index in [4.69, 9.17) is 4.99 Å². The molecule has 2 rings (SSSR count). The van der Waals surface area contributed by atoms with Crippen molar-refractivity contribution < 1.29 is 0 Å². The van der Waals surface area contributed by atoms with Gasteiger partial charge >= 0.3 is 0 Å². The molecule has 0 spiro atoms. The summed E-state index contributed by atoms with van der Waals surface area (Å²) in [6, 6.07) is 1.16. The predicted molar refractivity (Wildman–Crippen MR) is 73.1 cm³/mol. The third kappa shape index (κ3) is 2.93. The van der Waals surface area contributed by atoms with E-state index in [0.29, 0.717) is 12.1 Å². The topological polar surface area (TPSA) is 24.4 Å². The molecule has 1 aliphatic heterocycles. The lowest BCUT2D eigenvalue weighted by atomic mass is 9.86. The van der Waals surface area contributed by atoms with Gasteiger partial charge in [0.25, 0.3) is 0 Å². The van der Waals surface area contributed by atoms with Gasteiger partial charge in [0.05, 0.1) is 6.04 Å². The molecule has 4 unspecified atom stereocenters. The van der Waals surface area contributed by atoms with E-state index in [9.17, 15) is 0 Å². The van der Waals surface area contributed by atoms with Crippen molar-refractivity contribution in [2.24, 2.45) is 16.8 Å². The molecule has 2 aliphatic rings. The molecule has 4 atom stereocenters. The molecule has 2 nitrogen and oxygen atoms in total. The normalized spacial score (nSPS) is 43.1. The van der Waals surface area contributed by atoms with Crippen LogP contribution < -0.4 is 5.32 Å². The summed E-state index contributed by atoms with van der Waals surface area (Å²) in [6.45, 7) is 6.93. The molecule has 16 heavy (non-hydrogen) atoms. The largest absolute Gasteiger partial charge is 0.362 e. The number of hydrogen-bond donors (Lipinski definition) is 1. The molecule has 1 saturated heterocycles. The predicted octanol–water partition coefficient (Wildman–Crippen LogP) is 3.28. The minimum Gasteiger partial charge on any atom is -0.362 e. The summed E-state index contributed by atoms with van der Waals surface area (Å²) in [5.74, 6) is 2.75. The third-order valence-electron chi connectivity index (χ3n) is 4.04. The van der Waals surface area contributed by atoms with Gasteiger partial charge in [-0.2, -0.15) is 0 Å². The highest BCUT2D eigenvalue weighted by Crippen LogP contribution is 2.28. The molecule has 1 heterocycles. The van der Waals surface area contributed by atoms with Crippen LogP contribution in [0.2, 0.25) is 0 Å². The Bertz CT molecular complexity index is 265. The first-order valence-electron chi connectivity index (χ1n) is 6.64. The van der Waals surface area contributed by atoms with Gasteiger partial charge in [0.1, 0.15) is 0 Å². The maximum Gasteiger partial charge on any atom is 0.157 e. The monoisotopic (exact) mass is 240 g/mol. The van der Waals surface area contributed by atoms with Crippen molar-refractivity contribution in [3.63, 3.8) is 0 Å². The molecule has 0 bridgehead atoms. The van der Waals surface area contributed by atoms with Crippen LogP contribution in [0.4, 0.5) is 0 Å². The second kappa shape index (κ2) is 5.44. The number of nitrogens with zero attached hydrogens (tertiary/aromatic N) is 1. The Labute approximate surface area is 104 Å². The SMILES string of the molecule is CC1CCCCC1N=C1NC(C)C(C)CS1. The molecule has 1 N–H and O–H groups in total. The van der Waals surface area contributed by atoms with Gasteiger partial charge < -0.3 is 5.32 Å². The molecule has 0 aromatic carbocycles. The second-order valence-electron chi connectivity index (χ2n) is 5.48. The minimum absolute atomic E-state index is 0.573. The Hall–Kier alpha value is -0.180. The minimum atomic E-state index is 0.573. The van der Waals surface area contributed by atoms with Crippen LogP contribution in [-0.2, 0) is 0 Å². The van der Waals surface area contributed by atoms with Crippen molar-refractivity contribution in [1.82, 2.24) is 5.32 Å². The third-order valence-corrected chi connectivity index (χ3v) is 5.23. The number of hydrogen-bond acceptors (Lipinski definition) is 2. The van der Waals surface area contributed by atoms with E-state index in [-0.39, 0.29) is 0 Å². The lowest BCUT2D eigenvalue weighted by Gasteiger charge is -2.31. The Morgan fingerprint density at radius 1 is 1.12 bits per heavy atom. The van der Waals surface area contributed by atoms with Crippen molar-refractivity contribution in [3.05, 3.63) is 0 Å². The van der Waals surface area contributed by atoms with E-state index in [1.807, 2.05) is 11.8 Å². The first kappa shape index (κ1) is 12.3. The molecule has 0 aromatic rings. The average molecular weight is 240 g/mol. The highest BCUT2D eigenvalue weighted by molar-refractivity contribution is 8.13. The molecular formula is C13H24N2S. The molecule has 1 saturated carbocycles. The summed E-state index contributed by atoms with van der Waals surface area (Å²) >= 11 is 1.91. The van der Waals surface area contributed by atoms with Gasteiger partial charge in [0.2, 0.25) is 0 Å². The van der Waals surface area contributed by atoms with E-state index < -0.39 is 0 Å². The van der Waals surface area contributed by atoms with Gasteiger partial charge in [-0.05, 0) is 31.6 Å². The summed E-state index contributed by atoms with van der Waals surface area (Å²) in [6.07, 6.45) is 5.41. The highest BCUT2D eigenvalue weighted by Gasteiger charge is 2.24. The van der Waals surface area contributed by atoms with Crippen LogP contribution in [0.1, 0.15) is 46.5 Å². The summed E-state index contributed by atoms with van der Waals surface area (Å²) in [5.41, 5.74) is 0. The van der Waals surface area contributed by atoms with Gasteiger partial charge in [0, 0.05) is 11.8 Å². The zero-order chi connectivity index (χ0) is 11.5. The van der Waals surface area contributed by atoms with Crippen molar-refractivity contribution in [2.75, 3.05) is 5.75 Å². The van der Waals surface area contributed by atoms with E-state index >= 15 is 0 Å². The summed E-state index contributed by atoms with van der Waals surface area (Å²) in [5, 5.41) is 4.75. The molecule has 92 valence electrons. The Kier molecular flexibility index (Phi) is 4.17. The molecular weight excluding hydrogens is 216 g/mol. The van der Waals surface area contributed by atoms with Gasteiger partial charge in [-0.3, -0.25) is 4.99 Å². The van der Waals surface area contributed by atoms with Gasteiger partial charge in [-0.1, -0.05) is 38.5 Å². The van der Waals surface area contributed by atoms with Crippen LogP contribution in [0.15, 0.2) is 4.99 Å². The standard InChI is InChI=1S/C13H24N2S/c1-9-6-4-5-7-12(9)15-13-14-11(3)10(2)8-16-13/h9-12H,4-8H2,1-3H3,(H,14,15). The number of thioether (sulfide) groups is 1. The van der Waals surface area contributed by atoms with E-state index in [1.165, 1.54) is 36.6 Å². The van der Waals surface area contributed by atoms with E-state index in [0.717, 1.165) is 11.8 Å². The Morgan fingerprint density at radius 3 is 2.56 bits per heavy atom. The van der Waals surface area contributed by atoms with Crippen molar-refractivity contribution in [1.29, 1.82) is 0 Å². The zero-order valence-corrected chi connectivity index (χ0v) is 11.5. The number of nitrogens with one attached hydrogen (secondary N) is 1. The Balaban J connectivity index is 1.95. The lowest BCUT2D eigenvalue weighted by molar-refractivity contribution is 0.332. The summed E-state index contributed by atoms with van der Waals surface area (Å²) < 4.78 is 0. The fraction of sp³-hybridized carbons (Fsp3) is 0.923. The van der Waals surface area contributed by atoms with Crippen molar-refractivity contribution in [3.8, 4) is 0 Å². The van der Waals surface area contributed by atoms with Crippen LogP contribution >= 0.6 is 11.8 Å². The number of rotatable bonds is 1. The maximum absolute atomic E-state index is 4.93. The first-order chi connectivity index (χ1) is 7.66. The molecule has 0 aromatic heterocycles. The van der Waals surface area contributed by atoms with Gasteiger partial charge in [-0.25, -0.2) is 0 Å². The molecule has 0 radical (unpaired) electrons. The molecule has 0 amide bonds. The van der Waals surface area contributed by atoms with Crippen LogP contribution in [0, 0.1) is 11.8 Å². The quantitative estimate of drug-likeness (QED) is 0.760. The fourth-order valence-corrected chi connectivity index (χ4v) is 3.64. The van der Waals surface area contributed by atoms with Crippen LogP contribution in [-0.4, -0.2) is 23.0 Å². The van der Waals surface area contributed by atoms with E-state index in [2.05, 4.69) is 26.1 Å². The average Bonchev–Trinajstić information content (AvgIpc) is 2.27. The molecule has 1 aliphatic carbocycles. The van der Waals surface area contributed by atoms with Gasteiger partial charge in [0.15, 0.2) is 5.17 Å². The van der Waals surface area contributed by atoms with E-state index in [1.54, 1.807) is 0 Å². The fourth-order valence-electron chi connectivity index (χ4n) is 2.45. The van der Waals surface area contributed by atoms with Crippen LogP contribution in [0.3, 0.4) is 0 Å². The number of amidine groups is 1. The number of aliphatic imine (C=N–C) groups is 1. The lowest BCUT2D eigenvalue weighted by Crippen LogP contribution is -2.42. The van der Waals surface area contributed by atoms with Crippen LogP contribution in [0.5, 0.6) is 0 Å². The van der Waals surface area contributed by atoms with Crippen molar-refractivity contribution in [2.45, 2.75) is 58.5 Å². The van der Waals surface area contributed by atoms with Crippen LogP contribution in [0.25, 0.3) is 0 Å². The zero-order valence-electron chi connectivity index (χ0n) is 10.7. The molecule has 2 fully saturated rings. The first-order valence-corrected chi connectivity index (χ1v) is 7.62. The molecule has 3 heteroatoms. The summed E-state index contributed by atoms with van der Waals surface area (Å²) in [7, 11) is 0. The highest BCUT2D eigenvalue weighted by atomic mass is 32.2. The van der Waals surface area contributed by atoms with Gasteiger partial charge in [-0.15, -0.1) is 0 Å². The van der Waals surface area contributed by atoms with Crippen molar-refractivity contribution >= 4 is 16.9 Å². The maximum atomic E-state index is 4.93. The summed E-state index contributed by atoms with van der Waals surface area (Å²) in [4.78, 5) is 4.93. The smallest absolute Gasteiger partial charge is 0.157 e. The second-order valence-corrected chi connectivity index (χ2v) is 6.49. The Morgan fingerprint density at radius 2 is 1.88 bits per heavy atom.